The van der Waals surface area contributed by atoms with E-state index in [1.54, 1.807) is 35.7 Å². The van der Waals surface area contributed by atoms with Gasteiger partial charge in [-0.3, -0.25) is 23.6 Å². The molecule has 4 aromatic heterocycles. The lowest BCUT2D eigenvalue weighted by Gasteiger charge is -2.11. The highest BCUT2D eigenvalue weighted by atomic mass is 16.2. The third-order valence-electron chi connectivity index (χ3n) is 6.14. The van der Waals surface area contributed by atoms with Gasteiger partial charge in [0.25, 0.3) is 11.8 Å². The summed E-state index contributed by atoms with van der Waals surface area (Å²) in [5.41, 5.74) is 5.29. The Bertz CT molecular complexity index is 1640. The van der Waals surface area contributed by atoms with Crippen molar-refractivity contribution in [3.8, 4) is 11.3 Å². The summed E-state index contributed by atoms with van der Waals surface area (Å²) in [6.45, 7) is 3.75. The van der Waals surface area contributed by atoms with E-state index in [2.05, 4.69) is 25.9 Å². The molecule has 0 saturated heterocycles. The van der Waals surface area contributed by atoms with E-state index < -0.39 is 5.91 Å². The molecule has 2 N–H and O–H groups in total. The molecule has 0 atom stereocenters. The number of anilines is 2. The number of carbonyl (C=O) groups is 2. The van der Waals surface area contributed by atoms with Crippen LogP contribution in [-0.2, 0) is 21.1 Å². The zero-order valence-corrected chi connectivity index (χ0v) is 20.6. The average molecular weight is 484 g/mol. The van der Waals surface area contributed by atoms with Crippen LogP contribution >= 0.6 is 0 Å². The molecule has 0 fully saturated rings. The number of para-hydroxylation sites is 1. The average Bonchev–Trinajstić information content (AvgIpc) is 3.49. The Morgan fingerprint density at radius 3 is 2.28 bits per heavy atom. The van der Waals surface area contributed by atoms with E-state index in [1.807, 2.05) is 51.4 Å². The molecule has 0 aliphatic carbocycles. The van der Waals surface area contributed by atoms with Crippen LogP contribution in [0.3, 0.4) is 0 Å². The summed E-state index contributed by atoms with van der Waals surface area (Å²) in [5.74, 6) is -0.788. The van der Waals surface area contributed by atoms with E-state index in [9.17, 15) is 9.59 Å². The predicted octanol–water partition coefficient (Wildman–Crippen LogP) is 3.22. The SMILES string of the molecule is Cc1nn(C)cc1-c1cc(C(=O)Nc2cnn(C)c2C(=O)Nc2cnn(C)c2C)c2ccccc2n1. The number of aromatic nitrogens is 7. The van der Waals surface area contributed by atoms with Crippen LogP contribution in [0.2, 0.25) is 0 Å². The van der Waals surface area contributed by atoms with Crippen LogP contribution in [0.15, 0.2) is 48.9 Å². The molecule has 1 aromatic carbocycles. The smallest absolute Gasteiger partial charge is 0.276 e. The fourth-order valence-corrected chi connectivity index (χ4v) is 4.14. The first-order valence-electron chi connectivity index (χ1n) is 11.3. The largest absolute Gasteiger partial charge is 0.319 e. The lowest BCUT2D eigenvalue weighted by atomic mass is 10.0. The minimum Gasteiger partial charge on any atom is -0.319 e. The zero-order chi connectivity index (χ0) is 25.6. The summed E-state index contributed by atoms with van der Waals surface area (Å²) in [7, 11) is 5.28. The third-order valence-corrected chi connectivity index (χ3v) is 6.14. The van der Waals surface area contributed by atoms with E-state index in [0.29, 0.717) is 33.5 Å². The van der Waals surface area contributed by atoms with Gasteiger partial charge in [0.05, 0.1) is 51.9 Å². The second-order valence-corrected chi connectivity index (χ2v) is 8.58. The fraction of sp³-hybridized carbons (Fsp3) is 0.200. The van der Waals surface area contributed by atoms with Crippen LogP contribution < -0.4 is 10.6 Å². The number of benzene rings is 1. The van der Waals surface area contributed by atoms with Gasteiger partial charge >= 0.3 is 0 Å². The molecule has 0 unspecified atom stereocenters. The van der Waals surface area contributed by atoms with Crippen molar-refractivity contribution in [3.05, 3.63) is 71.6 Å². The summed E-state index contributed by atoms with van der Waals surface area (Å²) in [6, 6.07) is 9.19. The summed E-state index contributed by atoms with van der Waals surface area (Å²) >= 11 is 0. The van der Waals surface area contributed by atoms with Gasteiger partial charge in [-0.05, 0) is 26.0 Å². The molecule has 0 aliphatic heterocycles. The first kappa shape index (κ1) is 23.0. The number of amides is 2. The van der Waals surface area contributed by atoms with Gasteiger partial charge in [-0.1, -0.05) is 18.2 Å². The number of hydrogen-bond acceptors (Lipinski definition) is 6. The molecule has 4 heterocycles. The maximum atomic E-state index is 13.6. The minimum absolute atomic E-state index is 0.216. The van der Waals surface area contributed by atoms with Crippen LogP contribution in [0.5, 0.6) is 0 Å². The molecule has 36 heavy (non-hydrogen) atoms. The van der Waals surface area contributed by atoms with Gasteiger partial charge in [-0.15, -0.1) is 0 Å². The van der Waals surface area contributed by atoms with Gasteiger partial charge in [0.1, 0.15) is 5.69 Å². The molecule has 0 radical (unpaired) electrons. The minimum atomic E-state index is -0.410. The van der Waals surface area contributed by atoms with Crippen molar-refractivity contribution < 1.29 is 9.59 Å². The van der Waals surface area contributed by atoms with E-state index >= 15 is 0 Å². The number of nitrogens with one attached hydrogen (secondary N) is 2. The monoisotopic (exact) mass is 483 g/mol. The molecule has 0 aliphatic rings. The molecular formula is C25H25N9O2. The number of nitrogens with zero attached hydrogens (tertiary/aromatic N) is 7. The lowest BCUT2D eigenvalue weighted by Crippen LogP contribution is -2.20. The number of carbonyl (C=O) groups excluding carboxylic acids is 2. The maximum Gasteiger partial charge on any atom is 0.276 e. The van der Waals surface area contributed by atoms with E-state index in [1.165, 1.54) is 10.9 Å². The van der Waals surface area contributed by atoms with Crippen molar-refractivity contribution >= 4 is 34.1 Å². The van der Waals surface area contributed by atoms with Gasteiger partial charge in [-0.25, -0.2) is 4.98 Å². The summed E-state index contributed by atoms with van der Waals surface area (Å²) in [5, 5.41) is 19.2. The Hall–Kier alpha value is -4.80. The fourth-order valence-electron chi connectivity index (χ4n) is 4.14. The van der Waals surface area contributed by atoms with Crippen LogP contribution in [0, 0.1) is 13.8 Å². The molecule has 182 valence electrons. The van der Waals surface area contributed by atoms with Gasteiger partial charge < -0.3 is 10.6 Å². The molecule has 11 nitrogen and oxygen atoms in total. The predicted molar refractivity (Wildman–Crippen MR) is 136 cm³/mol. The quantitative estimate of drug-likeness (QED) is 0.396. The highest BCUT2D eigenvalue weighted by Crippen LogP contribution is 2.28. The second-order valence-electron chi connectivity index (χ2n) is 8.58. The van der Waals surface area contributed by atoms with Crippen LogP contribution in [0.1, 0.15) is 32.2 Å². The Kier molecular flexibility index (Phi) is 5.59. The summed E-state index contributed by atoms with van der Waals surface area (Å²) < 4.78 is 4.80. The maximum absolute atomic E-state index is 13.6. The Morgan fingerprint density at radius 2 is 1.58 bits per heavy atom. The molecule has 0 bridgehead atoms. The number of pyridine rings is 1. The first-order valence-corrected chi connectivity index (χ1v) is 11.3. The van der Waals surface area contributed by atoms with Crippen molar-refractivity contribution in [2.24, 2.45) is 21.1 Å². The van der Waals surface area contributed by atoms with Crippen LogP contribution in [0.25, 0.3) is 22.2 Å². The van der Waals surface area contributed by atoms with Gasteiger partial charge in [0, 0.05) is 38.3 Å². The van der Waals surface area contributed by atoms with Crippen molar-refractivity contribution in [1.82, 2.24) is 34.3 Å². The first-order chi connectivity index (χ1) is 17.2. The lowest BCUT2D eigenvalue weighted by molar-refractivity contribution is 0.101. The molecule has 11 heteroatoms. The van der Waals surface area contributed by atoms with E-state index in [-0.39, 0.29) is 11.6 Å². The zero-order valence-electron chi connectivity index (χ0n) is 20.6. The molecule has 2 amide bonds. The van der Waals surface area contributed by atoms with Gasteiger partial charge in [0.15, 0.2) is 0 Å². The van der Waals surface area contributed by atoms with E-state index in [0.717, 1.165) is 17.0 Å². The van der Waals surface area contributed by atoms with Crippen molar-refractivity contribution in [1.29, 1.82) is 0 Å². The van der Waals surface area contributed by atoms with E-state index in [4.69, 9.17) is 4.98 Å². The van der Waals surface area contributed by atoms with Gasteiger partial charge in [0.2, 0.25) is 0 Å². The Labute approximate surface area is 206 Å². The molecule has 0 saturated carbocycles. The molecule has 5 aromatic rings. The second kappa shape index (κ2) is 8.77. The Morgan fingerprint density at radius 1 is 0.889 bits per heavy atom. The molecular weight excluding hydrogens is 458 g/mol. The summed E-state index contributed by atoms with van der Waals surface area (Å²) in [4.78, 5) is 31.4. The standard InChI is InChI=1S/C25H25N9O2/c1-14-18(13-32(3)31-14)20-10-17(16-8-6-7-9-19(16)28-20)24(35)30-22-12-27-34(5)23(22)25(36)29-21-11-26-33(4)15(21)2/h6-13H,1-5H3,(H,29,36)(H,30,35). The topological polar surface area (TPSA) is 125 Å². The number of rotatable bonds is 5. The van der Waals surface area contributed by atoms with Gasteiger partial charge in [-0.2, -0.15) is 15.3 Å². The highest BCUT2D eigenvalue weighted by Gasteiger charge is 2.22. The van der Waals surface area contributed by atoms with Crippen molar-refractivity contribution in [3.63, 3.8) is 0 Å². The van der Waals surface area contributed by atoms with Crippen molar-refractivity contribution in [2.75, 3.05) is 10.6 Å². The van der Waals surface area contributed by atoms with Crippen LogP contribution in [-0.4, -0.2) is 46.1 Å². The number of fused-ring (bicyclic) bond motifs is 1. The molecule has 5 rings (SSSR count). The summed E-state index contributed by atoms with van der Waals surface area (Å²) in [6.07, 6.45) is 4.91. The highest BCUT2D eigenvalue weighted by molar-refractivity contribution is 6.16. The van der Waals surface area contributed by atoms with Crippen molar-refractivity contribution in [2.45, 2.75) is 13.8 Å². The third kappa shape index (κ3) is 4.00. The number of hydrogen-bond donors (Lipinski definition) is 2. The number of aryl methyl sites for hydroxylation is 4. The van der Waals surface area contributed by atoms with Crippen LogP contribution in [0.4, 0.5) is 11.4 Å². The molecule has 0 spiro atoms. The normalized spacial score (nSPS) is 11.1. The Balaban J connectivity index is 1.51.